The van der Waals surface area contributed by atoms with E-state index in [-0.39, 0.29) is 5.41 Å². The predicted molar refractivity (Wildman–Crippen MR) is 187 cm³/mol. The lowest BCUT2D eigenvalue weighted by atomic mass is 9.79. The van der Waals surface area contributed by atoms with E-state index >= 15 is 0 Å². The molecule has 0 unspecified atom stereocenters. The first-order valence-electron chi connectivity index (χ1n) is 15.5. The van der Waals surface area contributed by atoms with Gasteiger partial charge in [0.25, 0.3) is 0 Å². The van der Waals surface area contributed by atoms with Gasteiger partial charge in [-0.2, -0.15) is 0 Å². The Kier molecular flexibility index (Phi) is 6.50. The minimum absolute atomic E-state index is 0.0532. The van der Waals surface area contributed by atoms with Crippen LogP contribution in [0.2, 0.25) is 0 Å². The van der Waals surface area contributed by atoms with Crippen molar-refractivity contribution in [1.29, 1.82) is 0 Å². The highest BCUT2D eigenvalue weighted by atomic mass is 14.9. The molecule has 0 aliphatic heterocycles. The highest BCUT2D eigenvalue weighted by Crippen LogP contribution is 2.52. The van der Waals surface area contributed by atoms with Gasteiger partial charge in [0.2, 0.25) is 0 Å². The van der Waals surface area contributed by atoms with Crippen LogP contribution < -0.4 is 0 Å². The lowest BCUT2D eigenvalue weighted by Gasteiger charge is -2.24. The fraction of sp³-hybridized carbons (Fsp3) is 0.0698. The van der Waals surface area contributed by atoms with E-state index in [1.54, 1.807) is 0 Å². The number of aromatic nitrogens is 2. The van der Waals surface area contributed by atoms with Gasteiger partial charge in [0, 0.05) is 22.1 Å². The summed E-state index contributed by atoms with van der Waals surface area (Å²) in [6, 6.07) is 55.8. The molecule has 1 heterocycles. The van der Waals surface area contributed by atoms with E-state index in [0.717, 1.165) is 39.5 Å². The third-order valence-electron chi connectivity index (χ3n) is 9.10. The normalized spacial score (nSPS) is 12.8. The van der Waals surface area contributed by atoms with E-state index in [4.69, 9.17) is 9.97 Å². The Morgan fingerprint density at radius 1 is 0.378 bits per heavy atom. The summed E-state index contributed by atoms with van der Waals surface area (Å²) in [6.45, 7) is 4.69. The molecule has 0 bridgehead atoms. The standard InChI is InChI=1S/C43H32N2/c1-43(2)38-22-10-9-19-36(38)37-21-12-20-35(41(37)43)30-25-23-29(24-26-30)33-17-11-18-34(27-33)42-44-39(31-13-5-3-6-14-31)28-40(45-42)32-15-7-4-8-16-32/h3-28H,1-2H3. The zero-order valence-electron chi connectivity index (χ0n) is 25.4. The molecule has 1 aliphatic carbocycles. The van der Waals surface area contributed by atoms with Crippen LogP contribution in [-0.4, -0.2) is 9.97 Å². The maximum atomic E-state index is 5.04. The zero-order chi connectivity index (χ0) is 30.4. The molecular formula is C43H32N2. The lowest BCUT2D eigenvalue weighted by Crippen LogP contribution is -2.16. The Labute approximate surface area is 264 Å². The van der Waals surface area contributed by atoms with Gasteiger partial charge in [-0.1, -0.05) is 159 Å². The van der Waals surface area contributed by atoms with Gasteiger partial charge in [-0.05, 0) is 56.6 Å². The van der Waals surface area contributed by atoms with Crippen LogP contribution in [0.25, 0.3) is 67.3 Å². The van der Waals surface area contributed by atoms with Gasteiger partial charge in [0.1, 0.15) is 0 Å². The molecule has 0 amide bonds. The van der Waals surface area contributed by atoms with Crippen molar-refractivity contribution in [2.24, 2.45) is 0 Å². The maximum Gasteiger partial charge on any atom is 0.160 e. The van der Waals surface area contributed by atoms with E-state index in [9.17, 15) is 0 Å². The molecule has 0 saturated heterocycles. The van der Waals surface area contributed by atoms with Gasteiger partial charge in [-0.25, -0.2) is 9.97 Å². The molecule has 6 aromatic carbocycles. The molecule has 0 saturated carbocycles. The van der Waals surface area contributed by atoms with E-state index in [2.05, 4.69) is 135 Å². The van der Waals surface area contributed by atoms with Crippen molar-refractivity contribution in [2.75, 3.05) is 0 Å². The Balaban J connectivity index is 1.17. The van der Waals surface area contributed by atoms with Gasteiger partial charge in [-0.3, -0.25) is 0 Å². The van der Waals surface area contributed by atoms with Crippen molar-refractivity contribution in [3.63, 3.8) is 0 Å². The summed E-state index contributed by atoms with van der Waals surface area (Å²) in [5, 5.41) is 0. The molecule has 0 fully saturated rings. The van der Waals surface area contributed by atoms with Crippen molar-refractivity contribution in [1.82, 2.24) is 9.97 Å². The van der Waals surface area contributed by atoms with E-state index in [1.165, 1.54) is 38.9 Å². The highest BCUT2D eigenvalue weighted by Gasteiger charge is 2.37. The molecule has 0 radical (unpaired) electrons. The summed E-state index contributed by atoms with van der Waals surface area (Å²) in [4.78, 5) is 10.1. The van der Waals surface area contributed by atoms with Crippen LogP contribution in [0.5, 0.6) is 0 Å². The number of benzene rings is 6. The third kappa shape index (κ3) is 4.76. The largest absolute Gasteiger partial charge is 0.228 e. The molecule has 2 heteroatoms. The Bertz CT molecular complexity index is 2100. The number of hydrogen-bond donors (Lipinski definition) is 0. The van der Waals surface area contributed by atoms with E-state index < -0.39 is 0 Å². The third-order valence-corrected chi connectivity index (χ3v) is 9.10. The fourth-order valence-electron chi connectivity index (χ4n) is 6.86. The zero-order valence-corrected chi connectivity index (χ0v) is 25.4. The second-order valence-electron chi connectivity index (χ2n) is 12.3. The average Bonchev–Trinajstić information content (AvgIpc) is 3.35. The van der Waals surface area contributed by atoms with Gasteiger partial charge in [-0.15, -0.1) is 0 Å². The van der Waals surface area contributed by atoms with E-state index in [1.807, 2.05) is 36.4 Å². The molecule has 7 aromatic rings. The van der Waals surface area contributed by atoms with Crippen molar-refractivity contribution in [2.45, 2.75) is 19.3 Å². The monoisotopic (exact) mass is 576 g/mol. The lowest BCUT2D eigenvalue weighted by molar-refractivity contribution is 0.662. The SMILES string of the molecule is CC1(C)c2ccccc2-c2cccc(-c3ccc(-c4cccc(-c5nc(-c6ccccc6)cc(-c6ccccc6)n5)c4)cc3)c21. The number of rotatable bonds is 5. The molecular weight excluding hydrogens is 544 g/mol. The molecule has 2 nitrogen and oxygen atoms in total. The molecule has 0 spiro atoms. The van der Waals surface area contributed by atoms with Crippen molar-refractivity contribution < 1.29 is 0 Å². The first-order chi connectivity index (χ1) is 22.1. The van der Waals surface area contributed by atoms with Crippen LogP contribution in [0, 0.1) is 0 Å². The van der Waals surface area contributed by atoms with Crippen molar-refractivity contribution in [3.8, 4) is 67.3 Å². The second kappa shape index (κ2) is 10.8. The van der Waals surface area contributed by atoms with E-state index in [0.29, 0.717) is 0 Å². The Morgan fingerprint density at radius 3 is 1.58 bits per heavy atom. The van der Waals surface area contributed by atoms with Gasteiger partial charge >= 0.3 is 0 Å². The number of hydrogen-bond acceptors (Lipinski definition) is 2. The average molecular weight is 577 g/mol. The first-order valence-corrected chi connectivity index (χ1v) is 15.5. The minimum atomic E-state index is -0.0532. The molecule has 8 rings (SSSR count). The number of nitrogens with zero attached hydrogens (tertiary/aromatic N) is 2. The summed E-state index contributed by atoms with van der Waals surface area (Å²) >= 11 is 0. The predicted octanol–water partition coefficient (Wildman–Crippen LogP) is 11.1. The van der Waals surface area contributed by atoms with Crippen molar-refractivity contribution in [3.05, 3.63) is 169 Å². The minimum Gasteiger partial charge on any atom is -0.228 e. The number of fused-ring (bicyclic) bond motifs is 3. The molecule has 1 aliphatic rings. The van der Waals surface area contributed by atoms with Crippen molar-refractivity contribution >= 4 is 0 Å². The molecule has 214 valence electrons. The topological polar surface area (TPSA) is 25.8 Å². The first kappa shape index (κ1) is 27.0. The van der Waals surface area contributed by atoms with Crippen LogP contribution in [-0.2, 0) is 5.41 Å². The van der Waals surface area contributed by atoms with Crippen LogP contribution in [0.1, 0.15) is 25.0 Å². The summed E-state index contributed by atoms with van der Waals surface area (Å²) in [7, 11) is 0. The molecule has 0 atom stereocenters. The van der Waals surface area contributed by atoms with Crippen LogP contribution in [0.4, 0.5) is 0 Å². The highest BCUT2D eigenvalue weighted by molar-refractivity contribution is 5.88. The van der Waals surface area contributed by atoms with Gasteiger partial charge in [0.05, 0.1) is 11.4 Å². The summed E-state index contributed by atoms with van der Waals surface area (Å²) in [5.74, 6) is 0.718. The van der Waals surface area contributed by atoms with Crippen LogP contribution in [0.15, 0.2) is 158 Å². The smallest absolute Gasteiger partial charge is 0.160 e. The van der Waals surface area contributed by atoms with Gasteiger partial charge in [0.15, 0.2) is 5.82 Å². The van der Waals surface area contributed by atoms with Crippen LogP contribution >= 0.6 is 0 Å². The summed E-state index contributed by atoms with van der Waals surface area (Å²) in [5.41, 5.74) is 15.2. The summed E-state index contributed by atoms with van der Waals surface area (Å²) in [6.07, 6.45) is 0. The summed E-state index contributed by atoms with van der Waals surface area (Å²) < 4.78 is 0. The molecule has 0 N–H and O–H groups in total. The second-order valence-corrected chi connectivity index (χ2v) is 12.3. The van der Waals surface area contributed by atoms with Crippen LogP contribution in [0.3, 0.4) is 0 Å². The Morgan fingerprint density at radius 2 is 0.889 bits per heavy atom. The quantitative estimate of drug-likeness (QED) is 0.204. The molecule has 1 aromatic heterocycles. The Hall–Kier alpha value is -5.60. The molecule has 45 heavy (non-hydrogen) atoms. The fourth-order valence-corrected chi connectivity index (χ4v) is 6.86. The maximum absolute atomic E-state index is 5.04. The van der Waals surface area contributed by atoms with Gasteiger partial charge < -0.3 is 0 Å².